The van der Waals surface area contributed by atoms with Gasteiger partial charge in [0, 0.05) is 13.0 Å². The number of fused-ring (bicyclic) bond motifs is 1. The summed E-state index contributed by atoms with van der Waals surface area (Å²) >= 11 is 0. The van der Waals surface area contributed by atoms with Crippen LogP contribution >= 0.6 is 0 Å². The Kier molecular flexibility index (Phi) is 4.14. The third kappa shape index (κ3) is 3.37. The van der Waals surface area contributed by atoms with Crippen LogP contribution in [0.1, 0.15) is 49.7 Å². The minimum atomic E-state index is -0.00253. The molecule has 0 unspecified atom stereocenters. The topological polar surface area (TPSA) is 54.0 Å². The smallest absolute Gasteiger partial charge is 0.224 e. The highest BCUT2D eigenvalue weighted by atomic mass is 16.1. The fourth-order valence-corrected chi connectivity index (χ4v) is 2.71. The molecule has 0 bridgehead atoms. The molecule has 0 fully saturated rings. The lowest BCUT2D eigenvalue weighted by atomic mass is 9.91. The van der Waals surface area contributed by atoms with Crippen molar-refractivity contribution in [3.05, 3.63) is 22.5 Å². The fourth-order valence-electron chi connectivity index (χ4n) is 2.71. The first-order valence-electron chi connectivity index (χ1n) is 7.27. The predicted octanol–water partition coefficient (Wildman–Crippen LogP) is 2.72. The van der Waals surface area contributed by atoms with Gasteiger partial charge in [-0.3, -0.25) is 9.78 Å². The molecule has 2 N–H and O–H groups in total. The molecule has 0 aliphatic carbocycles. The Balaban J connectivity index is 2.26. The Bertz CT molecular complexity index is 530. The maximum atomic E-state index is 12.1. The van der Waals surface area contributed by atoms with Crippen LogP contribution in [-0.2, 0) is 17.8 Å². The van der Waals surface area contributed by atoms with Gasteiger partial charge in [0.25, 0.3) is 0 Å². The molecule has 4 heteroatoms. The number of pyridine rings is 1. The SMILES string of the molecule is Cc1nc2c(c(C)c1NC(=O)CC(C)(C)C)CCNC2. The maximum Gasteiger partial charge on any atom is 0.224 e. The zero-order chi connectivity index (χ0) is 14.9. The third-order valence-corrected chi connectivity index (χ3v) is 3.64. The number of aryl methyl sites for hydroxylation is 1. The van der Waals surface area contributed by atoms with E-state index in [0.29, 0.717) is 6.42 Å². The summed E-state index contributed by atoms with van der Waals surface area (Å²) in [4.78, 5) is 16.8. The minimum absolute atomic E-state index is 0.00253. The van der Waals surface area contributed by atoms with Crippen molar-refractivity contribution < 1.29 is 4.79 Å². The molecule has 0 atom stereocenters. The van der Waals surface area contributed by atoms with Crippen molar-refractivity contribution in [1.29, 1.82) is 0 Å². The van der Waals surface area contributed by atoms with E-state index in [4.69, 9.17) is 0 Å². The summed E-state index contributed by atoms with van der Waals surface area (Å²) in [6, 6.07) is 0. The van der Waals surface area contributed by atoms with E-state index in [-0.39, 0.29) is 11.3 Å². The van der Waals surface area contributed by atoms with Gasteiger partial charge in [-0.05, 0) is 43.4 Å². The molecular weight excluding hydrogens is 250 g/mol. The number of rotatable bonds is 2. The second-order valence-corrected chi connectivity index (χ2v) is 6.83. The first kappa shape index (κ1) is 15.0. The molecule has 0 saturated carbocycles. The van der Waals surface area contributed by atoms with Crippen LogP contribution in [0.3, 0.4) is 0 Å². The summed E-state index contributed by atoms with van der Waals surface area (Å²) in [5.74, 6) is 0.0689. The molecule has 2 heterocycles. The quantitative estimate of drug-likeness (QED) is 0.872. The average molecular weight is 275 g/mol. The zero-order valence-electron chi connectivity index (χ0n) is 13.2. The van der Waals surface area contributed by atoms with Crippen molar-refractivity contribution in [1.82, 2.24) is 10.3 Å². The lowest BCUT2D eigenvalue weighted by molar-refractivity contribution is -0.117. The second kappa shape index (κ2) is 5.52. The molecule has 0 spiro atoms. The van der Waals surface area contributed by atoms with E-state index >= 15 is 0 Å². The number of aromatic nitrogens is 1. The van der Waals surface area contributed by atoms with E-state index in [1.54, 1.807) is 0 Å². The maximum absolute atomic E-state index is 12.1. The predicted molar refractivity (Wildman–Crippen MR) is 81.8 cm³/mol. The zero-order valence-corrected chi connectivity index (χ0v) is 13.2. The van der Waals surface area contributed by atoms with Gasteiger partial charge in [0.05, 0.1) is 17.1 Å². The lowest BCUT2D eigenvalue weighted by Gasteiger charge is -2.23. The number of nitrogens with one attached hydrogen (secondary N) is 2. The summed E-state index contributed by atoms with van der Waals surface area (Å²) in [5, 5.41) is 6.40. The Morgan fingerprint density at radius 2 is 2.05 bits per heavy atom. The molecule has 1 aromatic rings. The number of amides is 1. The molecule has 110 valence electrons. The van der Waals surface area contributed by atoms with E-state index in [2.05, 4.69) is 43.3 Å². The summed E-state index contributed by atoms with van der Waals surface area (Å²) in [7, 11) is 0. The second-order valence-electron chi connectivity index (χ2n) is 6.83. The van der Waals surface area contributed by atoms with Crippen molar-refractivity contribution in [3.63, 3.8) is 0 Å². The van der Waals surface area contributed by atoms with E-state index in [9.17, 15) is 4.79 Å². The molecule has 0 radical (unpaired) electrons. The van der Waals surface area contributed by atoms with Gasteiger partial charge in [0.15, 0.2) is 0 Å². The normalized spacial score (nSPS) is 14.8. The summed E-state index contributed by atoms with van der Waals surface area (Å²) in [6.07, 6.45) is 1.50. The van der Waals surface area contributed by atoms with Crippen LogP contribution in [-0.4, -0.2) is 17.4 Å². The Hall–Kier alpha value is -1.42. The highest BCUT2D eigenvalue weighted by molar-refractivity contribution is 5.92. The van der Waals surface area contributed by atoms with Crippen molar-refractivity contribution in [2.24, 2.45) is 5.41 Å². The minimum Gasteiger partial charge on any atom is -0.324 e. The average Bonchev–Trinajstić information content (AvgIpc) is 2.32. The van der Waals surface area contributed by atoms with Gasteiger partial charge in [-0.2, -0.15) is 0 Å². The molecule has 20 heavy (non-hydrogen) atoms. The van der Waals surface area contributed by atoms with Crippen LogP contribution in [0.2, 0.25) is 0 Å². The third-order valence-electron chi connectivity index (χ3n) is 3.64. The number of nitrogens with zero attached hydrogens (tertiary/aromatic N) is 1. The van der Waals surface area contributed by atoms with Gasteiger partial charge < -0.3 is 10.6 Å². The highest BCUT2D eigenvalue weighted by Crippen LogP contribution is 2.28. The molecule has 0 saturated heterocycles. The van der Waals surface area contributed by atoms with E-state index < -0.39 is 0 Å². The summed E-state index contributed by atoms with van der Waals surface area (Å²) < 4.78 is 0. The number of anilines is 1. The van der Waals surface area contributed by atoms with Crippen LogP contribution in [0.15, 0.2) is 0 Å². The van der Waals surface area contributed by atoms with Gasteiger partial charge in [-0.15, -0.1) is 0 Å². The Morgan fingerprint density at radius 3 is 2.70 bits per heavy atom. The van der Waals surface area contributed by atoms with Crippen LogP contribution in [0.4, 0.5) is 5.69 Å². The van der Waals surface area contributed by atoms with Crippen molar-refractivity contribution in [2.45, 2.75) is 54.0 Å². The van der Waals surface area contributed by atoms with E-state index in [1.807, 2.05) is 6.92 Å². The molecule has 4 nitrogen and oxygen atoms in total. The summed E-state index contributed by atoms with van der Waals surface area (Å²) in [6.45, 7) is 12.1. The van der Waals surface area contributed by atoms with Gasteiger partial charge in [-0.1, -0.05) is 20.8 Å². The largest absolute Gasteiger partial charge is 0.324 e. The van der Waals surface area contributed by atoms with E-state index in [0.717, 1.165) is 36.6 Å². The fraction of sp³-hybridized carbons (Fsp3) is 0.625. The molecule has 1 amide bonds. The molecular formula is C16H25N3O. The van der Waals surface area contributed by atoms with Crippen LogP contribution < -0.4 is 10.6 Å². The molecule has 1 aromatic heterocycles. The Labute approximate surface area is 121 Å². The number of carbonyl (C=O) groups is 1. The monoisotopic (exact) mass is 275 g/mol. The molecule has 2 rings (SSSR count). The van der Waals surface area contributed by atoms with Gasteiger partial charge in [-0.25, -0.2) is 0 Å². The van der Waals surface area contributed by atoms with Crippen molar-refractivity contribution >= 4 is 11.6 Å². The highest BCUT2D eigenvalue weighted by Gasteiger charge is 2.21. The van der Waals surface area contributed by atoms with E-state index in [1.165, 1.54) is 11.1 Å². The number of hydrogen-bond acceptors (Lipinski definition) is 3. The molecule has 1 aliphatic rings. The standard InChI is InChI=1S/C16H25N3O/c1-10-12-6-7-17-9-13(12)18-11(2)15(10)19-14(20)8-16(3,4)5/h17H,6-9H2,1-5H3,(H,19,20). The Morgan fingerprint density at radius 1 is 1.35 bits per heavy atom. The van der Waals surface area contributed by atoms with Crippen LogP contribution in [0, 0.1) is 19.3 Å². The lowest BCUT2D eigenvalue weighted by Crippen LogP contribution is -2.27. The number of carbonyl (C=O) groups excluding carboxylic acids is 1. The van der Waals surface area contributed by atoms with Crippen LogP contribution in [0.25, 0.3) is 0 Å². The van der Waals surface area contributed by atoms with Crippen LogP contribution in [0.5, 0.6) is 0 Å². The van der Waals surface area contributed by atoms with Crippen molar-refractivity contribution in [3.8, 4) is 0 Å². The first-order chi connectivity index (χ1) is 9.28. The van der Waals surface area contributed by atoms with Gasteiger partial charge >= 0.3 is 0 Å². The molecule has 0 aromatic carbocycles. The first-order valence-corrected chi connectivity index (χ1v) is 7.27. The van der Waals surface area contributed by atoms with Gasteiger partial charge in [0.1, 0.15) is 0 Å². The van der Waals surface area contributed by atoms with Crippen molar-refractivity contribution in [2.75, 3.05) is 11.9 Å². The summed E-state index contributed by atoms with van der Waals surface area (Å²) in [5.41, 5.74) is 5.40. The number of hydrogen-bond donors (Lipinski definition) is 2. The molecule has 1 aliphatic heterocycles. The van der Waals surface area contributed by atoms with Gasteiger partial charge in [0.2, 0.25) is 5.91 Å².